The van der Waals surface area contributed by atoms with E-state index >= 15 is 0 Å². The van der Waals surface area contributed by atoms with Crippen LogP contribution in [0.15, 0.2) is 40.5 Å². The molecule has 1 aromatic carbocycles. The molecule has 0 atom stereocenters. The average Bonchev–Trinajstić information content (AvgIpc) is 2.39. The molecule has 4 nitrogen and oxygen atoms in total. The molecule has 0 saturated heterocycles. The van der Waals surface area contributed by atoms with Crippen molar-refractivity contribution in [2.45, 2.75) is 0 Å². The fourth-order valence-electron chi connectivity index (χ4n) is 1.27. The molecule has 84 valence electrons. The zero-order valence-electron chi connectivity index (χ0n) is 9.04. The predicted octanol–water partition coefficient (Wildman–Crippen LogP) is 2.36. The highest BCUT2D eigenvalue weighted by Crippen LogP contribution is 2.19. The van der Waals surface area contributed by atoms with Gasteiger partial charge in [-0.1, -0.05) is 41.7 Å². The first-order valence-corrected chi connectivity index (χ1v) is 7.15. The molecule has 0 fully saturated rings. The normalized spacial score (nSPS) is 15.2. The molecule has 1 heterocycles. The summed E-state index contributed by atoms with van der Waals surface area (Å²) < 4.78 is 0. The SMILES string of the molecule is CSC1=NN=C(SC)N(c2ccccc2)N1. The Morgan fingerprint density at radius 3 is 2.44 bits per heavy atom. The van der Waals surface area contributed by atoms with Crippen LogP contribution in [-0.4, -0.2) is 22.8 Å². The van der Waals surface area contributed by atoms with Crippen molar-refractivity contribution < 1.29 is 0 Å². The minimum atomic E-state index is 0.793. The highest BCUT2D eigenvalue weighted by atomic mass is 32.2. The number of amidine groups is 2. The van der Waals surface area contributed by atoms with Crippen molar-refractivity contribution >= 4 is 39.5 Å². The summed E-state index contributed by atoms with van der Waals surface area (Å²) in [5, 5.41) is 11.8. The van der Waals surface area contributed by atoms with Crippen molar-refractivity contribution in [1.29, 1.82) is 0 Å². The van der Waals surface area contributed by atoms with Crippen LogP contribution in [0.2, 0.25) is 0 Å². The molecule has 1 aromatic rings. The number of thioether (sulfide) groups is 2. The van der Waals surface area contributed by atoms with Gasteiger partial charge in [0, 0.05) is 0 Å². The topological polar surface area (TPSA) is 40.0 Å². The second kappa shape index (κ2) is 5.27. The first-order chi connectivity index (χ1) is 7.85. The van der Waals surface area contributed by atoms with Gasteiger partial charge in [0.2, 0.25) is 10.3 Å². The summed E-state index contributed by atoms with van der Waals surface area (Å²) >= 11 is 3.10. The van der Waals surface area contributed by atoms with Crippen LogP contribution < -0.4 is 10.4 Å². The van der Waals surface area contributed by atoms with E-state index in [9.17, 15) is 0 Å². The molecule has 6 heteroatoms. The highest BCUT2D eigenvalue weighted by Gasteiger charge is 2.18. The van der Waals surface area contributed by atoms with Crippen LogP contribution in [-0.2, 0) is 0 Å². The molecule has 0 bridgehead atoms. The number of hydrazine groups is 1. The van der Waals surface area contributed by atoms with Gasteiger partial charge >= 0.3 is 0 Å². The van der Waals surface area contributed by atoms with Crippen molar-refractivity contribution in [2.75, 3.05) is 17.5 Å². The molecule has 0 radical (unpaired) electrons. The van der Waals surface area contributed by atoms with E-state index < -0.39 is 0 Å². The first kappa shape index (κ1) is 11.3. The number of hydrogen-bond acceptors (Lipinski definition) is 6. The molecule has 0 unspecified atom stereocenters. The summed E-state index contributed by atoms with van der Waals surface area (Å²) in [5.41, 5.74) is 4.27. The van der Waals surface area contributed by atoms with Crippen LogP contribution in [0.1, 0.15) is 0 Å². The number of rotatable bonds is 1. The van der Waals surface area contributed by atoms with Crippen LogP contribution in [0.3, 0.4) is 0 Å². The van der Waals surface area contributed by atoms with Crippen molar-refractivity contribution in [1.82, 2.24) is 5.43 Å². The number of hydrogen-bond donors (Lipinski definition) is 1. The third kappa shape index (κ3) is 2.33. The van der Waals surface area contributed by atoms with Gasteiger partial charge < -0.3 is 0 Å². The highest BCUT2D eigenvalue weighted by molar-refractivity contribution is 8.14. The van der Waals surface area contributed by atoms with Crippen molar-refractivity contribution in [3.63, 3.8) is 0 Å². The molecule has 1 aliphatic heterocycles. The van der Waals surface area contributed by atoms with Gasteiger partial charge in [-0.25, -0.2) is 5.01 Å². The zero-order chi connectivity index (χ0) is 11.4. The lowest BCUT2D eigenvalue weighted by atomic mass is 10.3. The van der Waals surface area contributed by atoms with Crippen molar-refractivity contribution in [3.8, 4) is 0 Å². The summed E-state index contributed by atoms with van der Waals surface area (Å²) in [5.74, 6) is 0. The fourth-order valence-corrected chi connectivity index (χ4v) is 2.03. The third-order valence-corrected chi connectivity index (χ3v) is 3.20. The number of nitrogens with zero attached hydrogens (tertiary/aromatic N) is 3. The van der Waals surface area contributed by atoms with E-state index in [-0.39, 0.29) is 0 Å². The molecular weight excluding hydrogens is 240 g/mol. The Labute approximate surface area is 103 Å². The number of benzene rings is 1. The number of anilines is 1. The molecule has 0 spiro atoms. The van der Waals surface area contributed by atoms with E-state index in [0.29, 0.717) is 0 Å². The molecule has 0 aromatic heterocycles. The Hall–Kier alpha value is -1.14. The van der Waals surface area contributed by atoms with Gasteiger partial charge in [-0.15, -0.1) is 10.2 Å². The maximum atomic E-state index is 4.17. The van der Waals surface area contributed by atoms with E-state index in [0.717, 1.165) is 16.0 Å². The maximum absolute atomic E-state index is 4.17. The lowest BCUT2D eigenvalue weighted by molar-refractivity contribution is 0.941. The molecule has 1 N–H and O–H groups in total. The smallest absolute Gasteiger partial charge is 0.208 e. The molecule has 1 aliphatic rings. The van der Waals surface area contributed by atoms with E-state index in [1.54, 1.807) is 11.8 Å². The summed E-state index contributed by atoms with van der Waals surface area (Å²) in [4.78, 5) is 0. The molecule has 2 rings (SSSR count). The van der Waals surface area contributed by atoms with Crippen LogP contribution >= 0.6 is 23.5 Å². The minimum absolute atomic E-state index is 0.793. The van der Waals surface area contributed by atoms with Gasteiger partial charge in [-0.05, 0) is 24.6 Å². The third-order valence-electron chi connectivity index (χ3n) is 2.02. The lowest BCUT2D eigenvalue weighted by Crippen LogP contribution is -2.46. The molecule has 0 aliphatic carbocycles. The number of para-hydroxylation sites is 1. The Morgan fingerprint density at radius 2 is 1.81 bits per heavy atom. The van der Waals surface area contributed by atoms with E-state index in [4.69, 9.17) is 0 Å². The molecular formula is C10H12N4S2. The van der Waals surface area contributed by atoms with Gasteiger partial charge in [0.1, 0.15) is 0 Å². The zero-order valence-corrected chi connectivity index (χ0v) is 10.7. The standard InChI is InChI=1S/C10H12N4S2/c1-15-9-11-12-10(16-2)14(13-9)8-6-4-3-5-7-8/h3-7H,1-2H3,(H,11,13). The van der Waals surface area contributed by atoms with Gasteiger partial charge in [-0.2, -0.15) is 0 Å². The first-order valence-electron chi connectivity index (χ1n) is 4.70. The predicted molar refractivity (Wildman–Crippen MR) is 74.0 cm³/mol. The average molecular weight is 252 g/mol. The Balaban J connectivity index is 2.28. The van der Waals surface area contributed by atoms with Crippen LogP contribution in [0, 0.1) is 0 Å². The van der Waals surface area contributed by atoms with Crippen molar-refractivity contribution in [3.05, 3.63) is 30.3 Å². The molecule has 16 heavy (non-hydrogen) atoms. The van der Waals surface area contributed by atoms with Crippen LogP contribution in [0.4, 0.5) is 5.69 Å². The Bertz CT molecular complexity index is 416. The van der Waals surface area contributed by atoms with Gasteiger partial charge in [0.05, 0.1) is 5.69 Å². The molecule has 0 amide bonds. The summed E-state index contributed by atoms with van der Waals surface area (Å²) in [6.45, 7) is 0. The van der Waals surface area contributed by atoms with E-state index in [1.807, 2.05) is 47.9 Å². The quantitative estimate of drug-likeness (QED) is 0.833. The van der Waals surface area contributed by atoms with Gasteiger partial charge in [-0.3, -0.25) is 5.43 Å². The number of nitrogens with one attached hydrogen (secondary N) is 1. The minimum Gasteiger partial charge on any atom is -0.268 e. The largest absolute Gasteiger partial charge is 0.268 e. The fraction of sp³-hybridized carbons (Fsp3) is 0.200. The summed E-state index contributed by atoms with van der Waals surface area (Å²) in [6, 6.07) is 10.1. The van der Waals surface area contributed by atoms with Crippen LogP contribution in [0.25, 0.3) is 0 Å². The Kier molecular flexibility index (Phi) is 3.74. The van der Waals surface area contributed by atoms with E-state index in [2.05, 4.69) is 15.6 Å². The molecule has 0 saturated carbocycles. The maximum Gasteiger partial charge on any atom is 0.208 e. The second-order valence-corrected chi connectivity index (χ2v) is 4.55. The Morgan fingerprint density at radius 1 is 1.06 bits per heavy atom. The monoisotopic (exact) mass is 252 g/mol. The van der Waals surface area contributed by atoms with Gasteiger partial charge in [0.15, 0.2) is 0 Å². The lowest BCUT2D eigenvalue weighted by Gasteiger charge is -2.27. The second-order valence-electron chi connectivity index (χ2n) is 2.98. The van der Waals surface area contributed by atoms with E-state index in [1.165, 1.54) is 11.8 Å². The summed E-state index contributed by atoms with van der Waals surface area (Å²) in [7, 11) is 0. The van der Waals surface area contributed by atoms with Gasteiger partial charge in [0.25, 0.3) is 0 Å². The summed E-state index contributed by atoms with van der Waals surface area (Å²) in [6.07, 6.45) is 3.95. The van der Waals surface area contributed by atoms with Crippen LogP contribution in [0.5, 0.6) is 0 Å². The van der Waals surface area contributed by atoms with Crippen molar-refractivity contribution in [2.24, 2.45) is 10.2 Å².